The van der Waals surface area contributed by atoms with E-state index in [9.17, 15) is 9.59 Å². The Kier molecular flexibility index (Phi) is 5.90. The van der Waals surface area contributed by atoms with E-state index in [-0.39, 0.29) is 17.2 Å². The first-order chi connectivity index (χ1) is 14.6. The van der Waals surface area contributed by atoms with Gasteiger partial charge in [0.1, 0.15) is 0 Å². The van der Waals surface area contributed by atoms with Gasteiger partial charge in [-0.1, -0.05) is 67.9 Å². The summed E-state index contributed by atoms with van der Waals surface area (Å²) in [5.74, 6) is -0.356. The van der Waals surface area contributed by atoms with Crippen molar-refractivity contribution in [3.8, 4) is 0 Å². The number of aromatic nitrogens is 3. The van der Waals surface area contributed by atoms with E-state index in [1.54, 1.807) is 12.1 Å². The highest BCUT2D eigenvalue weighted by Crippen LogP contribution is 2.28. The summed E-state index contributed by atoms with van der Waals surface area (Å²) in [7, 11) is 0. The summed E-state index contributed by atoms with van der Waals surface area (Å²) in [6, 6.07) is 13.1. The Bertz CT molecular complexity index is 1280. The molecule has 1 amide bonds. The van der Waals surface area contributed by atoms with Gasteiger partial charge in [0.2, 0.25) is 0 Å². The normalized spacial score (nSPS) is 11.3. The third-order valence-corrected chi connectivity index (χ3v) is 6.08. The van der Waals surface area contributed by atoms with E-state index in [1.165, 1.54) is 16.0 Å². The molecule has 6 nitrogen and oxygen atoms in total. The van der Waals surface area contributed by atoms with Gasteiger partial charge in [0.25, 0.3) is 11.5 Å². The first kappa shape index (κ1) is 20.2. The van der Waals surface area contributed by atoms with Crippen molar-refractivity contribution in [1.82, 2.24) is 14.8 Å². The molecule has 0 saturated carbocycles. The first-order valence-electron chi connectivity index (χ1n) is 10.3. The van der Waals surface area contributed by atoms with Crippen LogP contribution in [0.2, 0.25) is 0 Å². The predicted octanol–water partition coefficient (Wildman–Crippen LogP) is 5.15. The maximum Gasteiger partial charge on any atom is 0.278 e. The second-order valence-electron chi connectivity index (χ2n) is 7.38. The zero-order valence-electron chi connectivity index (χ0n) is 17.1. The average Bonchev–Trinajstić information content (AvgIpc) is 3.16. The second-order valence-corrected chi connectivity index (χ2v) is 8.41. The molecule has 30 heavy (non-hydrogen) atoms. The summed E-state index contributed by atoms with van der Waals surface area (Å²) in [4.78, 5) is 30.5. The van der Waals surface area contributed by atoms with Gasteiger partial charge >= 0.3 is 0 Å². The van der Waals surface area contributed by atoms with E-state index in [0.717, 1.165) is 41.5 Å². The maximum absolute atomic E-state index is 13.1. The standard InChI is InChI=1S/C23H24N4O2S/c1-3-4-5-8-14-27-22(29)17-12-7-6-11-16(17)20(26-27)21(28)25-23-24-19-15(2)10-9-13-18(19)30-23/h6-7,9-13H,3-5,8,14H2,1-2H3,(H,24,25,28). The third-order valence-electron chi connectivity index (χ3n) is 5.15. The molecule has 0 aliphatic heterocycles. The molecule has 2 heterocycles. The van der Waals surface area contributed by atoms with Crippen molar-refractivity contribution in [2.24, 2.45) is 0 Å². The Morgan fingerprint density at radius 3 is 2.63 bits per heavy atom. The lowest BCUT2D eigenvalue weighted by Gasteiger charge is -2.10. The molecule has 0 radical (unpaired) electrons. The van der Waals surface area contributed by atoms with Crippen molar-refractivity contribution in [3.63, 3.8) is 0 Å². The van der Waals surface area contributed by atoms with Crippen molar-refractivity contribution in [1.29, 1.82) is 0 Å². The first-order valence-corrected chi connectivity index (χ1v) is 11.1. The Morgan fingerprint density at radius 2 is 1.87 bits per heavy atom. The third kappa shape index (κ3) is 3.98. The largest absolute Gasteiger partial charge is 0.296 e. The van der Waals surface area contributed by atoms with Gasteiger partial charge in [-0.3, -0.25) is 14.9 Å². The second kappa shape index (κ2) is 8.75. The number of rotatable bonds is 7. The molecule has 154 valence electrons. The summed E-state index contributed by atoms with van der Waals surface area (Å²) >= 11 is 1.43. The molecule has 0 bridgehead atoms. The smallest absolute Gasteiger partial charge is 0.278 e. The van der Waals surface area contributed by atoms with Crippen LogP contribution in [-0.4, -0.2) is 20.7 Å². The molecule has 4 rings (SSSR count). The number of hydrogen-bond donors (Lipinski definition) is 1. The minimum absolute atomic E-state index is 0.158. The minimum Gasteiger partial charge on any atom is -0.296 e. The van der Waals surface area contributed by atoms with Crippen LogP contribution in [0, 0.1) is 6.92 Å². The van der Waals surface area contributed by atoms with Gasteiger partial charge in [-0.05, 0) is 31.0 Å². The molecule has 0 spiro atoms. The van der Waals surface area contributed by atoms with Crippen molar-refractivity contribution in [2.75, 3.05) is 5.32 Å². The molecule has 0 unspecified atom stereocenters. The highest BCUT2D eigenvalue weighted by Gasteiger charge is 2.18. The van der Waals surface area contributed by atoms with Crippen LogP contribution in [-0.2, 0) is 6.54 Å². The van der Waals surface area contributed by atoms with Gasteiger partial charge in [-0.2, -0.15) is 5.10 Å². The monoisotopic (exact) mass is 420 g/mol. The number of carbonyl (C=O) groups excluding carboxylic acids is 1. The molecule has 1 N–H and O–H groups in total. The number of unbranched alkanes of at least 4 members (excludes halogenated alkanes) is 3. The SMILES string of the molecule is CCCCCCn1nc(C(=O)Nc2nc3c(C)cccc3s2)c2ccccc2c1=O. The summed E-state index contributed by atoms with van der Waals surface area (Å²) < 4.78 is 2.44. The van der Waals surface area contributed by atoms with E-state index < -0.39 is 0 Å². The zero-order valence-corrected chi connectivity index (χ0v) is 18.0. The molecule has 2 aromatic heterocycles. The zero-order chi connectivity index (χ0) is 21.1. The number of nitrogens with zero attached hydrogens (tertiary/aromatic N) is 3. The molecule has 0 aliphatic carbocycles. The van der Waals surface area contributed by atoms with Gasteiger partial charge in [-0.25, -0.2) is 9.67 Å². The van der Waals surface area contributed by atoms with Crippen LogP contribution in [0.25, 0.3) is 21.0 Å². The van der Waals surface area contributed by atoms with Crippen molar-refractivity contribution in [2.45, 2.75) is 46.1 Å². The van der Waals surface area contributed by atoms with Crippen LogP contribution in [0.4, 0.5) is 5.13 Å². The molecule has 7 heteroatoms. The number of fused-ring (bicyclic) bond motifs is 2. The van der Waals surface area contributed by atoms with Gasteiger partial charge in [0.05, 0.1) is 15.6 Å². The maximum atomic E-state index is 13.1. The molecular weight excluding hydrogens is 396 g/mol. The number of amides is 1. The van der Waals surface area contributed by atoms with Crippen LogP contribution >= 0.6 is 11.3 Å². The lowest BCUT2D eigenvalue weighted by Crippen LogP contribution is -2.27. The number of nitrogens with one attached hydrogen (secondary N) is 1. The molecule has 0 fully saturated rings. The fourth-order valence-electron chi connectivity index (χ4n) is 3.54. The lowest BCUT2D eigenvalue weighted by atomic mass is 10.1. The van der Waals surface area contributed by atoms with Gasteiger partial charge < -0.3 is 0 Å². The predicted molar refractivity (Wildman–Crippen MR) is 122 cm³/mol. The summed E-state index contributed by atoms with van der Waals surface area (Å²) in [5, 5.41) is 8.90. The Morgan fingerprint density at radius 1 is 1.07 bits per heavy atom. The number of aryl methyl sites for hydroxylation is 2. The number of anilines is 1. The number of thiazole rings is 1. The van der Waals surface area contributed by atoms with Crippen molar-refractivity contribution < 1.29 is 4.79 Å². The Balaban J connectivity index is 1.69. The molecule has 0 atom stereocenters. The summed E-state index contributed by atoms with van der Waals surface area (Å²) in [6.07, 6.45) is 4.13. The fraction of sp³-hybridized carbons (Fsp3) is 0.304. The van der Waals surface area contributed by atoms with Crippen molar-refractivity contribution in [3.05, 3.63) is 64.1 Å². The van der Waals surface area contributed by atoms with Crippen LogP contribution < -0.4 is 10.9 Å². The highest BCUT2D eigenvalue weighted by atomic mass is 32.1. The topological polar surface area (TPSA) is 76.9 Å². The van der Waals surface area contributed by atoms with Crippen LogP contribution in [0.1, 0.15) is 48.7 Å². The molecule has 2 aromatic carbocycles. The number of para-hydroxylation sites is 1. The number of benzene rings is 2. The Hall–Kier alpha value is -3.06. The molecule has 0 aliphatic rings. The quantitative estimate of drug-likeness (QED) is 0.420. The van der Waals surface area contributed by atoms with E-state index in [1.807, 2.05) is 37.3 Å². The Labute approximate surface area is 178 Å². The molecule has 4 aromatic rings. The van der Waals surface area contributed by atoms with Crippen LogP contribution in [0.5, 0.6) is 0 Å². The fourth-order valence-corrected chi connectivity index (χ4v) is 4.48. The lowest BCUT2D eigenvalue weighted by molar-refractivity contribution is 0.102. The van der Waals surface area contributed by atoms with E-state index in [4.69, 9.17) is 0 Å². The highest BCUT2D eigenvalue weighted by molar-refractivity contribution is 7.22. The van der Waals surface area contributed by atoms with Crippen LogP contribution in [0.15, 0.2) is 47.3 Å². The van der Waals surface area contributed by atoms with Crippen LogP contribution in [0.3, 0.4) is 0 Å². The minimum atomic E-state index is -0.356. The van der Waals surface area contributed by atoms with Gasteiger partial charge in [0.15, 0.2) is 10.8 Å². The molecule has 0 saturated heterocycles. The van der Waals surface area contributed by atoms with E-state index >= 15 is 0 Å². The average molecular weight is 421 g/mol. The van der Waals surface area contributed by atoms with Gasteiger partial charge in [0, 0.05) is 11.9 Å². The van der Waals surface area contributed by atoms with E-state index in [2.05, 4.69) is 22.3 Å². The number of carbonyl (C=O) groups is 1. The van der Waals surface area contributed by atoms with Gasteiger partial charge in [-0.15, -0.1) is 0 Å². The molecular formula is C23H24N4O2S. The van der Waals surface area contributed by atoms with Crippen molar-refractivity contribution >= 4 is 43.4 Å². The summed E-state index contributed by atoms with van der Waals surface area (Å²) in [5.41, 5.74) is 2.04. The van der Waals surface area contributed by atoms with E-state index in [0.29, 0.717) is 22.4 Å². The summed E-state index contributed by atoms with van der Waals surface area (Å²) in [6.45, 7) is 4.65. The number of hydrogen-bond acceptors (Lipinski definition) is 5.